The van der Waals surface area contributed by atoms with E-state index in [1.807, 2.05) is 20.8 Å². The molecule has 16 heavy (non-hydrogen) atoms. The van der Waals surface area contributed by atoms with Crippen molar-refractivity contribution in [3.05, 3.63) is 12.7 Å². The fourth-order valence-corrected chi connectivity index (χ4v) is 1.42. The molecule has 3 heteroatoms. The second-order valence-corrected chi connectivity index (χ2v) is 5.03. The molecule has 0 radical (unpaired) electrons. The first-order valence-electron chi connectivity index (χ1n) is 5.88. The van der Waals surface area contributed by atoms with Crippen molar-refractivity contribution in [2.45, 2.75) is 64.6 Å². The Kier molecular flexibility index (Phi) is 7.06. The topological polar surface area (TPSA) is 46.5 Å². The minimum Gasteiger partial charge on any atom is -0.457 e. The summed E-state index contributed by atoms with van der Waals surface area (Å²) >= 11 is 0. The molecule has 1 fully saturated rings. The Labute approximate surface area is 98.5 Å². The van der Waals surface area contributed by atoms with Crippen molar-refractivity contribution in [3.63, 3.8) is 0 Å². The number of aliphatic hydroxyl groups excluding tert-OH is 1. The molecule has 3 nitrogen and oxygen atoms in total. The van der Waals surface area contributed by atoms with E-state index < -0.39 is 5.60 Å². The summed E-state index contributed by atoms with van der Waals surface area (Å²) < 4.78 is 4.83. The summed E-state index contributed by atoms with van der Waals surface area (Å²) in [6.07, 6.45) is 7.08. The number of esters is 1. The van der Waals surface area contributed by atoms with Gasteiger partial charge in [0.15, 0.2) is 0 Å². The first kappa shape index (κ1) is 15.2. The van der Waals surface area contributed by atoms with E-state index in [9.17, 15) is 4.79 Å². The highest BCUT2D eigenvalue weighted by molar-refractivity contribution is 5.81. The highest BCUT2D eigenvalue weighted by Crippen LogP contribution is 2.16. The molecule has 0 bridgehead atoms. The van der Waals surface area contributed by atoms with Crippen LogP contribution in [0.4, 0.5) is 0 Å². The molecule has 1 aliphatic carbocycles. The monoisotopic (exact) mass is 228 g/mol. The van der Waals surface area contributed by atoms with Gasteiger partial charge in [-0.2, -0.15) is 0 Å². The van der Waals surface area contributed by atoms with Gasteiger partial charge in [-0.3, -0.25) is 0 Å². The van der Waals surface area contributed by atoms with Crippen LogP contribution in [0.5, 0.6) is 0 Å². The average molecular weight is 228 g/mol. The van der Waals surface area contributed by atoms with Crippen LogP contribution in [-0.4, -0.2) is 22.8 Å². The molecule has 1 saturated carbocycles. The molecule has 0 spiro atoms. The van der Waals surface area contributed by atoms with Crippen LogP contribution in [0.25, 0.3) is 0 Å². The van der Waals surface area contributed by atoms with Crippen molar-refractivity contribution >= 4 is 5.97 Å². The van der Waals surface area contributed by atoms with Crippen LogP contribution in [0.2, 0.25) is 0 Å². The van der Waals surface area contributed by atoms with Crippen molar-refractivity contribution in [2.24, 2.45) is 0 Å². The number of aliphatic hydroxyl groups is 1. The Hall–Kier alpha value is -0.830. The molecule has 0 aromatic carbocycles. The third-order valence-corrected chi connectivity index (χ3v) is 2.15. The van der Waals surface area contributed by atoms with Crippen LogP contribution in [0, 0.1) is 0 Å². The highest BCUT2D eigenvalue weighted by atomic mass is 16.6. The van der Waals surface area contributed by atoms with Crippen molar-refractivity contribution < 1.29 is 14.6 Å². The van der Waals surface area contributed by atoms with E-state index in [1.54, 1.807) is 0 Å². The zero-order valence-electron chi connectivity index (χ0n) is 10.7. The van der Waals surface area contributed by atoms with E-state index in [1.165, 1.54) is 19.3 Å². The van der Waals surface area contributed by atoms with Gasteiger partial charge in [-0.1, -0.05) is 25.8 Å². The van der Waals surface area contributed by atoms with E-state index >= 15 is 0 Å². The van der Waals surface area contributed by atoms with Crippen LogP contribution >= 0.6 is 0 Å². The molecule has 0 aromatic rings. The maximum Gasteiger partial charge on any atom is 0.330 e. The Morgan fingerprint density at radius 2 is 1.81 bits per heavy atom. The second-order valence-electron chi connectivity index (χ2n) is 5.03. The zero-order valence-corrected chi connectivity index (χ0v) is 10.7. The fourth-order valence-electron chi connectivity index (χ4n) is 1.42. The quantitative estimate of drug-likeness (QED) is 0.554. The van der Waals surface area contributed by atoms with Crippen LogP contribution in [0.15, 0.2) is 12.7 Å². The number of carbonyl (C=O) groups excluding carboxylic acids is 1. The van der Waals surface area contributed by atoms with E-state index in [2.05, 4.69) is 6.58 Å². The number of hydrogen-bond acceptors (Lipinski definition) is 3. The SMILES string of the molecule is C=CC(=O)OC(C)(C)C.OC1CCCCC1. The standard InChI is InChI=1S/C7H12O2.C6H12O/c1-5-6(8)9-7(2,3)4;7-6-4-2-1-3-5-6/h5H,1H2,2-4H3;6-7H,1-5H2. The summed E-state index contributed by atoms with van der Waals surface area (Å²) in [4.78, 5) is 10.5. The largest absolute Gasteiger partial charge is 0.457 e. The molecule has 0 atom stereocenters. The summed E-state index contributed by atoms with van der Waals surface area (Å²) in [5, 5.41) is 8.91. The minimum atomic E-state index is -0.398. The van der Waals surface area contributed by atoms with Crippen molar-refractivity contribution in [3.8, 4) is 0 Å². The summed E-state index contributed by atoms with van der Waals surface area (Å²) in [7, 11) is 0. The van der Waals surface area contributed by atoms with Gasteiger partial charge < -0.3 is 9.84 Å². The number of rotatable bonds is 1. The van der Waals surface area contributed by atoms with Gasteiger partial charge in [0, 0.05) is 6.08 Å². The summed E-state index contributed by atoms with van der Waals surface area (Å²) in [6.45, 7) is 8.71. The van der Waals surface area contributed by atoms with Crippen molar-refractivity contribution in [2.75, 3.05) is 0 Å². The van der Waals surface area contributed by atoms with E-state index in [0.29, 0.717) is 0 Å². The predicted octanol–water partition coefficient (Wildman–Crippen LogP) is 2.83. The molecular weight excluding hydrogens is 204 g/mol. The maximum absolute atomic E-state index is 10.5. The zero-order chi connectivity index (χ0) is 12.6. The maximum atomic E-state index is 10.5. The molecule has 0 aliphatic heterocycles. The molecule has 0 heterocycles. The van der Waals surface area contributed by atoms with E-state index in [-0.39, 0.29) is 12.1 Å². The number of hydrogen-bond donors (Lipinski definition) is 1. The van der Waals surface area contributed by atoms with Crippen LogP contribution in [0.1, 0.15) is 52.9 Å². The van der Waals surface area contributed by atoms with Crippen LogP contribution < -0.4 is 0 Å². The molecule has 0 aromatic heterocycles. The van der Waals surface area contributed by atoms with Gasteiger partial charge in [0.2, 0.25) is 0 Å². The lowest BCUT2D eigenvalue weighted by atomic mass is 9.98. The molecular formula is C13H24O3. The molecule has 0 amide bonds. The summed E-state index contributed by atoms with van der Waals surface area (Å²) in [6, 6.07) is 0. The van der Waals surface area contributed by atoms with Gasteiger partial charge in [0.25, 0.3) is 0 Å². The molecule has 0 unspecified atom stereocenters. The lowest BCUT2D eigenvalue weighted by molar-refractivity contribution is -0.148. The minimum absolute atomic E-state index is 0.0359. The van der Waals surface area contributed by atoms with Gasteiger partial charge in [0.05, 0.1) is 6.10 Å². The Morgan fingerprint density at radius 1 is 1.31 bits per heavy atom. The Bertz CT molecular complexity index is 210. The summed E-state index contributed by atoms with van der Waals surface area (Å²) in [5.74, 6) is -0.373. The predicted molar refractivity (Wildman–Crippen MR) is 65.1 cm³/mol. The van der Waals surface area contributed by atoms with Crippen LogP contribution in [-0.2, 0) is 9.53 Å². The summed E-state index contributed by atoms with van der Waals surface area (Å²) in [5.41, 5.74) is -0.398. The van der Waals surface area contributed by atoms with E-state index in [4.69, 9.17) is 9.84 Å². The Balaban J connectivity index is 0.000000288. The van der Waals surface area contributed by atoms with E-state index in [0.717, 1.165) is 18.9 Å². The molecule has 0 saturated heterocycles. The number of ether oxygens (including phenoxy) is 1. The van der Waals surface area contributed by atoms with Gasteiger partial charge in [-0.05, 0) is 33.6 Å². The Morgan fingerprint density at radius 3 is 2.00 bits per heavy atom. The smallest absolute Gasteiger partial charge is 0.330 e. The normalized spacial score (nSPS) is 17.0. The van der Waals surface area contributed by atoms with Gasteiger partial charge >= 0.3 is 5.97 Å². The fraction of sp³-hybridized carbons (Fsp3) is 0.769. The number of carbonyl (C=O) groups is 1. The lowest BCUT2D eigenvalue weighted by Gasteiger charge is -2.17. The molecule has 94 valence electrons. The third-order valence-electron chi connectivity index (χ3n) is 2.15. The van der Waals surface area contributed by atoms with Gasteiger partial charge in [-0.15, -0.1) is 0 Å². The van der Waals surface area contributed by atoms with Gasteiger partial charge in [-0.25, -0.2) is 4.79 Å². The van der Waals surface area contributed by atoms with Crippen molar-refractivity contribution in [1.82, 2.24) is 0 Å². The average Bonchev–Trinajstić information content (AvgIpc) is 2.17. The van der Waals surface area contributed by atoms with Crippen LogP contribution in [0.3, 0.4) is 0 Å². The molecule has 1 rings (SSSR count). The first-order chi connectivity index (χ1) is 7.35. The highest BCUT2D eigenvalue weighted by Gasteiger charge is 2.12. The first-order valence-corrected chi connectivity index (χ1v) is 5.88. The second kappa shape index (κ2) is 7.44. The third kappa shape index (κ3) is 9.71. The lowest BCUT2D eigenvalue weighted by Crippen LogP contribution is -2.22. The molecule has 1 N–H and O–H groups in total. The van der Waals surface area contributed by atoms with Crippen molar-refractivity contribution in [1.29, 1.82) is 0 Å². The van der Waals surface area contributed by atoms with Gasteiger partial charge in [0.1, 0.15) is 5.60 Å². The molecule has 1 aliphatic rings.